The number of sulfone groups is 1. The highest BCUT2D eigenvalue weighted by atomic mass is 35.5. The predicted molar refractivity (Wildman–Crippen MR) is 109 cm³/mol. The fourth-order valence-electron chi connectivity index (χ4n) is 3.27. The number of amides is 1. The van der Waals surface area contributed by atoms with Crippen molar-refractivity contribution in [3.63, 3.8) is 0 Å². The summed E-state index contributed by atoms with van der Waals surface area (Å²) in [6, 6.07) is 14.1. The van der Waals surface area contributed by atoms with E-state index < -0.39 is 15.7 Å². The molecular weight excluding hydrogens is 414 g/mol. The minimum absolute atomic E-state index is 0.0627. The second-order valence-electron chi connectivity index (χ2n) is 6.60. The van der Waals surface area contributed by atoms with Crippen LogP contribution in [0.15, 0.2) is 53.7 Å². The van der Waals surface area contributed by atoms with Gasteiger partial charge in [0.15, 0.2) is 0 Å². The van der Waals surface area contributed by atoms with Crippen molar-refractivity contribution < 1.29 is 17.9 Å². The number of fused-ring (bicyclic) bond motifs is 1. The summed E-state index contributed by atoms with van der Waals surface area (Å²) in [7, 11) is -1.95. The average Bonchev–Trinajstić information content (AvgIpc) is 3.24. The van der Waals surface area contributed by atoms with Gasteiger partial charge in [0.1, 0.15) is 17.1 Å². The van der Waals surface area contributed by atoms with Crippen molar-refractivity contribution in [2.75, 3.05) is 12.9 Å². The van der Waals surface area contributed by atoms with Crippen molar-refractivity contribution in [3.05, 3.63) is 64.8 Å². The van der Waals surface area contributed by atoms with Crippen LogP contribution >= 0.6 is 11.6 Å². The summed E-state index contributed by atoms with van der Waals surface area (Å²) >= 11 is 5.99. The minimum Gasteiger partial charge on any atom is -0.497 e. The first kappa shape index (κ1) is 19.5. The number of rotatable bonds is 5. The number of nitrogens with one attached hydrogen (secondary N) is 1. The maximum absolute atomic E-state index is 13.0. The normalized spacial score (nSPS) is 14.4. The number of methoxy groups -OCH3 is 1. The van der Waals surface area contributed by atoms with E-state index in [1.54, 1.807) is 49.6 Å². The lowest BCUT2D eigenvalue weighted by molar-refractivity contribution is 0.0942. The maximum Gasteiger partial charge on any atom is 0.270 e. The zero-order valence-corrected chi connectivity index (χ0v) is 17.1. The Morgan fingerprint density at radius 1 is 1.24 bits per heavy atom. The van der Waals surface area contributed by atoms with Gasteiger partial charge < -0.3 is 14.6 Å². The van der Waals surface area contributed by atoms with Crippen molar-refractivity contribution in [1.82, 2.24) is 14.9 Å². The molecule has 1 aromatic heterocycles. The zero-order chi connectivity index (χ0) is 20.6. The van der Waals surface area contributed by atoms with Crippen LogP contribution in [0.5, 0.6) is 5.75 Å². The van der Waals surface area contributed by atoms with Crippen molar-refractivity contribution in [2.24, 2.45) is 0 Å². The summed E-state index contributed by atoms with van der Waals surface area (Å²) in [5.74, 6) is 0.194. The van der Waals surface area contributed by atoms with Crippen LogP contribution in [0.3, 0.4) is 0 Å². The van der Waals surface area contributed by atoms with Crippen LogP contribution in [0.1, 0.15) is 16.1 Å². The van der Waals surface area contributed by atoms with Crippen LogP contribution in [0.4, 0.5) is 0 Å². The molecule has 7 nitrogen and oxygen atoms in total. The summed E-state index contributed by atoms with van der Waals surface area (Å²) in [4.78, 5) is 17.3. The van der Waals surface area contributed by atoms with Crippen molar-refractivity contribution in [2.45, 2.75) is 18.2 Å². The molecule has 0 aliphatic carbocycles. The molecular formula is C20H18ClN3O4S. The molecule has 0 radical (unpaired) electrons. The number of halogens is 1. The van der Waals surface area contributed by atoms with Gasteiger partial charge in [-0.05, 0) is 42.0 Å². The van der Waals surface area contributed by atoms with Gasteiger partial charge in [0.25, 0.3) is 5.91 Å². The molecule has 1 aliphatic rings. The number of hydrogen-bond donors (Lipinski definition) is 1. The summed E-state index contributed by atoms with van der Waals surface area (Å²) < 4.78 is 31.3. The first-order chi connectivity index (χ1) is 13.9. The summed E-state index contributed by atoms with van der Waals surface area (Å²) in [5.41, 5.74) is 2.03. The van der Waals surface area contributed by atoms with Gasteiger partial charge in [-0.3, -0.25) is 4.79 Å². The molecule has 150 valence electrons. The van der Waals surface area contributed by atoms with Crippen LogP contribution in [0.2, 0.25) is 5.02 Å². The fourth-order valence-corrected chi connectivity index (χ4v) is 4.84. The number of nitrogens with zero attached hydrogens (tertiary/aromatic N) is 2. The Morgan fingerprint density at radius 3 is 2.69 bits per heavy atom. The van der Waals surface area contributed by atoms with Gasteiger partial charge in [0, 0.05) is 23.7 Å². The average molecular weight is 432 g/mol. The topological polar surface area (TPSA) is 90.3 Å². The van der Waals surface area contributed by atoms with E-state index in [9.17, 15) is 13.2 Å². The standard InChI is InChI=1S/C20H18ClN3O4S/c1-28-16-7-5-14(6-8-16)17-18(24-9-10-29(26,27)20(24)23-17)19(25)22-12-13-3-2-4-15(21)11-13/h2-8,11H,9-10,12H2,1H3,(H,22,25). The number of carbonyl (C=O) groups is 1. The molecule has 1 aliphatic heterocycles. The Balaban J connectivity index is 1.71. The first-order valence-corrected chi connectivity index (χ1v) is 10.9. The fraction of sp³-hybridized carbons (Fsp3) is 0.200. The van der Waals surface area contributed by atoms with E-state index in [0.717, 1.165) is 5.56 Å². The number of ether oxygens (including phenoxy) is 1. The van der Waals surface area contributed by atoms with E-state index in [1.807, 2.05) is 6.07 Å². The number of aromatic nitrogens is 2. The Kier molecular flexibility index (Phi) is 5.06. The van der Waals surface area contributed by atoms with Crippen LogP contribution < -0.4 is 10.1 Å². The molecule has 0 spiro atoms. The van der Waals surface area contributed by atoms with Gasteiger partial charge in [-0.1, -0.05) is 23.7 Å². The molecule has 4 rings (SSSR count). The highest BCUT2D eigenvalue weighted by Crippen LogP contribution is 2.31. The Hall–Kier alpha value is -2.84. The molecule has 2 heterocycles. The van der Waals surface area contributed by atoms with E-state index >= 15 is 0 Å². The first-order valence-electron chi connectivity index (χ1n) is 8.89. The van der Waals surface area contributed by atoms with E-state index in [4.69, 9.17) is 16.3 Å². The Morgan fingerprint density at radius 2 is 2.00 bits per heavy atom. The van der Waals surface area contributed by atoms with Crippen LogP contribution in [0, 0.1) is 0 Å². The smallest absolute Gasteiger partial charge is 0.270 e. The summed E-state index contributed by atoms with van der Waals surface area (Å²) in [6.07, 6.45) is 0. The monoisotopic (exact) mass is 431 g/mol. The second kappa shape index (κ2) is 7.53. The van der Waals surface area contributed by atoms with Crippen LogP contribution in [-0.2, 0) is 22.9 Å². The SMILES string of the molecule is COc1ccc(-c2nc3n(c2C(=O)NCc2cccc(Cl)c2)CCS3(=O)=O)cc1. The Bertz CT molecular complexity index is 1190. The van der Waals surface area contributed by atoms with Gasteiger partial charge in [0.2, 0.25) is 15.0 Å². The van der Waals surface area contributed by atoms with Crippen molar-refractivity contribution in [3.8, 4) is 17.0 Å². The third kappa shape index (κ3) is 3.73. The molecule has 0 saturated heterocycles. The van der Waals surface area contributed by atoms with Gasteiger partial charge in [-0.15, -0.1) is 0 Å². The molecule has 2 aromatic carbocycles. The molecule has 0 atom stereocenters. The Labute approximate surface area is 173 Å². The van der Waals surface area contributed by atoms with E-state index in [2.05, 4.69) is 10.3 Å². The van der Waals surface area contributed by atoms with Gasteiger partial charge in [-0.2, -0.15) is 0 Å². The molecule has 1 amide bonds. The quantitative estimate of drug-likeness (QED) is 0.670. The molecule has 9 heteroatoms. The highest BCUT2D eigenvalue weighted by molar-refractivity contribution is 7.91. The summed E-state index contributed by atoms with van der Waals surface area (Å²) in [6.45, 7) is 0.454. The van der Waals surface area contributed by atoms with E-state index in [-0.39, 0.29) is 29.7 Å². The number of imidazole rings is 1. The predicted octanol–water partition coefficient (Wildman–Crippen LogP) is 2.93. The lowest BCUT2D eigenvalue weighted by Gasteiger charge is -2.10. The number of carbonyl (C=O) groups excluding carboxylic acids is 1. The summed E-state index contributed by atoms with van der Waals surface area (Å²) in [5, 5.41) is 3.34. The third-order valence-electron chi connectivity index (χ3n) is 4.71. The zero-order valence-electron chi connectivity index (χ0n) is 15.6. The molecule has 3 aromatic rings. The molecule has 1 N–H and O–H groups in total. The molecule has 0 fully saturated rings. The molecule has 0 unspecified atom stereocenters. The minimum atomic E-state index is -3.50. The molecule has 0 saturated carbocycles. The van der Waals surface area contributed by atoms with Gasteiger partial charge >= 0.3 is 0 Å². The lowest BCUT2D eigenvalue weighted by Crippen LogP contribution is -2.26. The molecule has 0 bridgehead atoms. The van der Waals surface area contributed by atoms with Gasteiger partial charge in [-0.25, -0.2) is 13.4 Å². The van der Waals surface area contributed by atoms with Crippen LogP contribution in [0.25, 0.3) is 11.3 Å². The maximum atomic E-state index is 13.0. The van der Waals surface area contributed by atoms with Crippen molar-refractivity contribution in [1.29, 1.82) is 0 Å². The number of benzene rings is 2. The van der Waals surface area contributed by atoms with Crippen molar-refractivity contribution >= 4 is 27.3 Å². The lowest BCUT2D eigenvalue weighted by atomic mass is 10.1. The number of hydrogen-bond acceptors (Lipinski definition) is 5. The second-order valence-corrected chi connectivity index (χ2v) is 9.04. The third-order valence-corrected chi connectivity index (χ3v) is 6.54. The largest absolute Gasteiger partial charge is 0.497 e. The molecule has 29 heavy (non-hydrogen) atoms. The van der Waals surface area contributed by atoms with Crippen LogP contribution in [-0.4, -0.2) is 36.7 Å². The highest BCUT2D eigenvalue weighted by Gasteiger charge is 2.35. The van der Waals surface area contributed by atoms with E-state index in [1.165, 1.54) is 4.57 Å². The van der Waals surface area contributed by atoms with E-state index in [0.29, 0.717) is 22.0 Å². The van der Waals surface area contributed by atoms with Gasteiger partial charge in [0.05, 0.1) is 12.9 Å².